The van der Waals surface area contributed by atoms with Gasteiger partial charge in [-0.05, 0) is 44.0 Å². The summed E-state index contributed by atoms with van der Waals surface area (Å²) in [5.74, 6) is -0.381. The van der Waals surface area contributed by atoms with Crippen LogP contribution in [-0.4, -0.2) is 39.6 Å². The van der Waals surface area contributed by atoms with E-state index in [0.717, 1.165) is 43.8 Å². The lowest BCUT2D eigenvalue weighted by Gasteiger charge is -2.32. The normalized spacial score (nSPS) is 15.4. The number of ether oxygens (including phenoxy) is 1. The van der Waals surface area contributed by atoms with Gasteiger partial charge >= 0.3 is 6.36 Å². The summed E-state index contributed by atoms with van der Waals surface area (Å²) >= 11 is 0. The zero-order valence-electron chi connectivity index (χ0n) is 16.1. The molecule has 0 unspecified atom stereocenters. The molecule has 1 aliphatic rings. The Kier molecular flexibility index (Phi) is 5.31. The van der Waals surface area contributed by atoms with Crippen molar-refractivity contribution in [2.75, 3.05) is 18.0 Å². The number of aromatic nitrogens is 4. The first-order chi connectivity index (χ1) is 14.3. The average Bonchev–Trinajstić information content (AvgIpc) is 3.23. The molecule has 3 heterocycles. The number of piperidine rings is 1. The van der Waals surface area contributed by atoms with Gasteiger partial charge in [0.1, 0.15) is 11.6 Å². The molecule has 4 rings (SSSR count). The molecular weight excluding hydrogens is 402 g/mol. The Balaban J connectivity index is 1.53. The van der Waals surface area contributed by atoms with Crippen LogP contribution < -0.4 is 9.64 Å². The Labute approximate surface area is 169 Å². The van der Waals surface area contributed by atoms with Crippen LogP contribution in [0.15, 0.2) is 36.5 Å². The summed E-state index contributed by atoms with van der Waals surface area (Å²) in [6.45, 7) is 3.29. The lowest BCUT2D eigenvalue weighted by molar-refractivity contribution is -0.275. The Morgan fingerprint density at radius 3 is 2.50 bits per heavy atom. The van der Waals surface area contributed by atoms with Gasteiger partial charge in [-0.25, -0.2) is 14.4 Å². The number of rotatable bonds is 4. The van der Waals surface area contributed by atoms with E-state index in [0.29, 0.717) is 28.8 Å². The molecular formula is C20H19F4N5O. The third kappa shape index (κ3) is 4.52. The van der Waals surface area contributed by atoms with Crippen molar-refractivity contribution in [3.05, 3.63) is 53.9 Å². The average molecular weight is 421 g/mol. The summed E-state index contributed by atoms with van der Waals surface area (Å²) in [7, 11) is 0. The molecule has 0 amide bonds. The maximum Gasteiger partial charge on any atom is 0.573 e. The van der Waals surface area contributed by atoms with Crippen molar-refractivity contribution >= 4 is 5.82 Å². The van der Waals surface area contributed by atoms with Gasteiger partial charge in [-0.15, -0.1) is 13.2 Å². The molecule has 2 aromatic heterocycles. The highest BCUT2D eigenvalue weighted by Gasteiger charge is 2.32. The number of nitrogens with zero attached hydrogens (tertiary/aromatic N) is 4. The van der Waals surface area contributed by atoms with Crippen LogP contribution in [0.1, 0.15) is 30.3 Å². The zero-order valence-corrected chi connectivity index (χ0v) is 16.1. The van der Waals surface area contributed by atoms with E-state index in [-0.39, 0.29) is 0 Å². The lowest BCUT2D eigenvalue weighted by Crippen LogP contribution is -2.33. The number of benzene rings is 1. The van der Waals surface area contributed by atoms with Gasteiger partial charge < -0.3 is 9.64 Å². The van der Waals surface area contributed by atoms with E-state index in [1.807, 2.05) is 6.07 Å². The fraction of sp³-hybridized carbons (Fsp3) is 0.350. The summed E-state index contributed by atoms with van der Waals surface area (Å²) < 4.78 is 54.9. The van der Waals surface area contributed by atoms with E-state index in [2.05, 4.69) is 29.8 Å². The highest BCUT2D eigenvalue weighted by atomic mass is 19.4. The number of alkyl halides is 3. The number of anilines is 1. The maximum absolute atomic E-state index is 14.1. The predicted octanol–water partition coefficient (Wildman–Crippen LogP) is 4.60. The van der Waals surface area contributed by atoms with E-state index in [9.17, 15) is 17.6 Å². The second kappa shape index (κ2) is 7.92. The summed E-state index contributed by atoms with van der Waals surface area (Å²) in [5, 5.41) is 7.02. The van der Waals surface area contributed by atoms with Gasteiger partial charge in [-0.2, -0.15) is 5.10 Å². The fourth-order valence-electron chi connectivity index (χ4n) is 3.64. The standard InChI is InChI=1S/C20H19F4N5O/c1-12-26-17(14-2-3-18(15(21)10-14)30-20(22,23)24)11-19(27-12)29-8-5-13(6-9-29)16-4-7-25-28-16/h2-4,7,10-11,13H,5-6,8-9H2,1H3,(H,25,28). The molecule has 0 saturated carbocycles. The predicted molar refractivity (Wildman–Crippen MR) is 102 cm³/mol. The summed E-state index contributed by atoms with van der Waals surface area (Å²) in [6.07, 6.45) is -1.35. The Morgan fingerprint density at radius 2 is 1.87 bits per heavy atom. The van der Waals surface area contributed by atoms with Crippen molar-refractivity contribution in [3.63, 3.8) is 0 Å². The quantitative estimate of drug-likeness (QED) is 0.624. The number of hydrogen-bond acceptors (Lipinski definition) is 5. The highest BCUT2D eigenvalue weighted by molar-refractivity contribution is 5.64. The van der Waals surface area contributed by atoms with Crippen LogP contribution in [0.25, 0.3) is 11.3 Å². The van der Waals surface area contributed by atoms with Gasteiger partial charge in [-0.3, -0.25) is 5.10 Å². The molecule has 1 aliphatic heterocycles. The first-order valence-corrected chi connectivity index (χ1v) is 9.44. The van der Waals surface area contributed by atoms with Crippen LogP contribution in [0.4, 0.5) is 23.4 Å². The summed E-state index contributed by atoms with van der Waals surface area (Å²) in [5.41, 5.74) is 1.90. The monoisotopic (exact) mass is 421 g/mol. The molecule has 1 fully saturated rings. The van der Waals surface area contributed by atoms with Crippen LogP contribution in [0.3, 0.4) is 0 Å². The smallest absolute Gasteiger partial charge is 0.403 e. The number of nitrogens with one attached hydrogen (secondary N) is 1. The SMILES string of the molecule is Cc1nc(-c2ccc(OC(F)(F)F)c(F)c2)cc(N2CCC(c3ccn[nH]3)CC2)n1. The number of aromatic amines is 1. The van der Waals surface area contributed by atoms with Gasteiger partial charge in [0.2, 0.25) is 0 Å². The van der Waals surface area contributed by atoms with Crippen molar-refractivity contribution in [2.24, 2.45) is 0 Å². The van der Waals surface area contributed by atoms with Crippen LogP contribution in [0.5, 0.6) is 5.75 Å². The topological polar surface area (TPSA) is 66.9 Å². The largest absolute Gasteiger partial charge is 0.573 e. The third-order valence-electron chi connectivity index (χ3n) is 5.06. The summed E-state index contributed by atoms with van der Waals surface area (Å²) in [4.78, 5) is 10.9. The van der Waals surface area contributed by atoms with Crippen molar-refractivity contribution < 1.29 is 22.3 Å². The molecule has 158 valence electrons. The van der Waals surface area contributed by atoms with Crippen molar-refractivity contribution in [1.29, 1.82) is 0 Å². The lowest BCUT2D eigenvalue weighted by atomic mass is 9.93. The van der Waals surface area contributed by atoms with Gasteiger partial charge in [0.05, 0.1) is 5.69 Å². The van der Waals surface area contributed by atoms with E-state index in [1.165, 1.54) is 6.07 Å². The van der Waals surface area contributed by atoms with Crippen LogP contribution in [-0.2, 0) is 0 Å². The van der Waals surface area contributed by atoms with Gasteiger partial charge in [-0.1, -0.05) is 0 Å². The molecule has 1 aromatic carbocycles. The van der Waals surface area contributed by atoms with Gasteiger partial charge in [0.15, 0.2) is 11.6 Å². The molecule has 3 aromatic rings. The number of hydrogen-bond donors (Lipinski definition) is 1. The molecule has 6 nitrogen and oxygen atoms in total. The van der Waals surface area contributed by atoms with E-state index < -0.39 is 17.9 Å². The van der Waals surface area contributed by atoms with Gasteiger partial charge in [0, 0.05) is 42.5 Å². The molecule has 1 saturated heterocycles. The van der Waals surface area contributed by atoms with Crippen molar-refractivity contribution in [1.82, 2.24) is 20.2 Å². The third-order valence-corrected chi connectivity index (χ3v) is 5.06. The first kappa shape index (κ1) is 20.1. The number of H-pyrrole nitrogens is 1. The molecule has 0 spiro atoms. The molecule has 0 atom stereocenters. The summed E-state index contributed by atoms with van der Waals surface area (Å²) in [6, 6.07) is 6.99. The Morgan fingerprint density at radius 1 is 1.10 bits per heavy atom. The second-order valence-electron chi connectivity index (χ2n) is 7.12. The van der Waals surface area contributed by atoms with Crippen LogP contribution in [0.2, 0.25) is 0 Å². The van der Waals surface area contributed by atoms with Crippen LogP contribution in [0, 0.1) is 12.7 Å². The van der Waals surface area contributed by atoms with Crippen molar-refractivity contribution in [2.45, 2.75) is 32.0 Å². The molecule has 10 heteroatoms. The van der Waals surface area contributed by atoms with Gasteiger partial charge in [0.25, 0.3) is 0 Å². The highest BCUT2D eigenvalue weighted by Crippen LogP contribution is 2.32. The first-order valence-electron chi connectivity index (χ1n) is 9.44. The van der Waals surface area contributed by atoms with E-state index >= 15 is 0 Å². The molecule has 0 aliphatic carbocycles. The second-order valence-corrected chi connectivity index (χ2v) is 7.12. The van der Waals surface area contributed by atoms with Crippen molar-refractivity contribution in [3.8, 4) is 17.0 Å². The Bertz CT molecular complexity index is 1010. The molecule has 0 bridgehead atoms. The molecule has 1 N–H and O–H groups in total. The van der Waals surface area contributed by atoms with E-state index in [4.69, 9.17) is 0 Å². The van der Waals surface area contributed by atoms with E-state index in [1.54, 1.807) is 19.2 Å². The number of halogens is 4. The fourth-order valence-corrected chi connectivity index (χ4v) is 3.64. The maximum atomic E-state index is 14.1. The number of aryl methyl sites for hydroxylation is 1. The molecule has 30 heavy (non-hydrogen) atoms. The minimum absolute atomic E-state index is 0.348. The molecule has 0 radical (unpaired) electrons. The minimum atomic E-state index is -4.96. The minimum Gasteiger partial charge on any atom is -0.403 e. The van der Waals surface area contributed by atoms with Crippen LogP contribution >= 0.6 is 0 Å². The Hall–Kier alpha value is -3.17. The zero-order chi connectivity index (χ0) is 21.3.